The van der Waals surface area contributed by atoms with Crippen molar-refractivity contribution in [3.63, 3.8) is 0 Å². The number of pyridine rings is 1. The normalized spacial score (nSPS) is 9.93. The van der Waals surface area contributed by atoms with Crippen molar-refractivity contribution in [2.45, 2.75) is 34.6 Å². The van der Waals surface area contributed by atoms with Gasteiger partial charge in [0, 0.05) is 28.0 Å². The molecule has 0 amide bonds. The maximum atomic E-state index is 5.78. The summed E-state index contributed by atoms with van der Waals surface area (Å²) in [5.41, 5.74) is 6.42. The number of hydrogen-bond acceptors (Lipinski definition) is 7. The fourth-order valence-electron chi connectivity index (χ4n) is 4.10. The zero-order chi connectivity index (χ0) is 31.1. The van der Waals surface area contributed by atoms with Crippen molar-refractivity contribution in [2.75, 3.05) is 0 Å². The van der Waals surface area contributed by atoms with Crippen LogP contribution in [0, 0.1) is 34.6 Å². The Hall–Kier alpha value is -5.56. The lowest BCUT2D eigenvalue weighted by Crippen LogP contribution is -1.84. The molecule has 0 spiro atoms. The van der Waals surface area contributed by atoms with Crippen LogP contribution in [-0.4, -0.2) is 19.9 Å². The van der Waals surface area contributed by atoms with Gasteiger partial charge in [-0.05, 0) is 82.1 Å². The Balaban J connectivity index is 0.000000131. The number of furan rings is 3. The van der Waals surface area contributed by atoms with Crippen LogP contribution >= 0.6 is 0 Å². The van der Waals surface area contributed by atoms with Crippen molar-refractivity contribution in [3.05, 3.63) is 157 Å². The monoisotopic (exact) mass is 584 g/mol. The van der Waals surface area contributed by atoms with E-state index in [1.807, 2.05) is 94.4 Å². The van der Waals surface area contributed by atoms with Gasteiger partial charge < -0.3 is 13.3 Å². The Morgan fingerprint density at radius 2 is 1.20 bits per heavy atom. The topological polar surface area (TPSA) is 91.0 Å². The van der Waals surface area contributed by atoms with E-state index in [2.05, 4.69) is 57.2 Å². The number of aryl methyl sites for hydroxylation is 5. The molecule has 7 heteroatoms. The van der Waals surface area contributed by atoms with Gasteiger partial charge in [0.1, 0.15) is 41.0 Å². The fraction of sp³-hybridized carbons (Fsp3) is 0.135. The molecule has 0 bridgehead atoms. The highest BCUT2D eigenvalue weighted by molar-refractivity contribution is 6.05. The molecule has 8 aromatic rings. The number of fused-ring (bicyclic) bond motifs is 4. The predicted molar refractivity (Wildman–Crippen MR) is 176 cm³/mol. The number of nitrogens with zero attached hydrogens (tertiary/aromatic N) is 4. The molecule has 0 N–H and O–H groups in total. The molecule has 0 aliphatic carbocycles. The molecule has 7 nitrogen and oxygen atoms in total. The Morgan fingerprint density at radius 3 is 1.75 bits per heavy atom. The third-order valence-electron chi connectivity index (χ3n) is 6.37. The largest absolute Gasteiger partial charge is 0.470 e. The Morgan fingerprint density at radius 1 is 0.523 bits per heavy atom. The molecule has 0 unspecified atom stereocenters. The van der Waals surface area contributed by atoms with Crippen molar-refractivity contribution in [1.29, 1.82) is 0 Å². The lowest BCUT2D eigenvalue weighted by Gasteiger charge is -1.91. The molecular weight excluding hydrogens is 548 g/mol. The van der Waals surface area contributed by atoms with Crippen molar-refractivity contribution >= 4 is 32.9 Å². The summed E-state index contributed by atoms with van der Waals surface area (Å²) in [6, 6.07) is 32.1. The van der Waals surface area contributed by atoms with Crippen LogP contribution in [0.25, 0.3) is 32.9 Å². The number of hydrogen-bond donors (Lipinski definition) is 0. The second-order valence-electron chi connectivity index (χ2n) is 9.84. The summed E-state index contributed by atoms with van der Waals surface area (Å²) in [7, 11) is 0. The molecule has 0 saturated carbocycles. The van der Waals surface area contributed by atoms with E-state index in [1.54, 1.807) is 18.7 Å². The number of rotatable bonds is 0. The lowest BCUT2D eigenvalue weighted by atomic mass is 10.1. The van der Waals surface area contributed by atoms with Crippen LogP contribution in [0.4, 0.5) is 0 Å². The Bertz CT molecular complexity index is 1930. The van der Waals surface area contributed by atoms with Crippen molar-refractivity contribution in [3.8, 4) is 0 Å². The van der Waals surface area contributed by atoms with Gasteiger partial charge in [-0.25, -0.2) is 15.0 Å². The van der Waals surface area contributed by atoms with Crippen LogP contribution in [0.2, 0.25) is 0 Å². The van der Waals surface area contributed by atoms with E-state index in [1.165, 1.54) is 39.9 Å². The van der Waals surface area contributed by atoms with Gasteiger partial charge in [0.05, 0.1) is 12.5 Å². The molecular formula is C37H36N4O3. The molecule has 0 fully saturated rings. The summed E-state index contributed by atoms with van der Waals surface area (Å²) < 4.78 is 15.9. The Labute approximate surface area is 257 Å². The van der Waals surface area contributed by atoms with Crippen LogP contribution < -0.4 is 0 Å². The van der Waals surface area contributed by atoms with Gasteiger partial charge in [0.25, 0.3) is 0 Å². The number of benzene rings is 3. The third kappa shape index (κ3) is 9.22. The highest BCUT2D eigenvalue weighted by atomic mass is 16.3. The van der Waals surface area contributed by atoms with Crippen molar-refractivity contribution < 1.29 is 13.3 Å². The zero-order valence-electron chi connectivity index (χ0n) is 25.6. The van der Waals surface area contributed by atoms with Gasteiger partial charge in [0.2, 0.25) is 0 Å². The SMILES string of the molecule is Cc1cccc2c1oc1ccccc12.Cc1ccccn1.Cc1ccco1.Cc1coc2ccccc12.Cc1ncncn1. The van der Waals surface area contributed by atoms with Gasteiger partial charge in [-0.1, -0.05) is 60.7 Å². The molecule has 222 valence electrons. The van der Waals surface area contributed by atoms with Crippen molar-refractivity contribution in [2.24, 2.45) is 0 Å². The Kier molecular flexibility index (Phi) is 11.5. The molecule has 5 heterocycles. The maximum Gasteiger partial charge on any atom is 0.138 e. The third-order valence-corrected chi connectivity index (χ3v) is 6.37. The van der Waals surface area contributed by atoms with E-state index in [-0.39, 0.29) is 0 Å². The summed E-state index contributed by atoms with van der Waals surface area (Å²) >= 11 is 0. The van der Waals surface area contributed by atoms with Crippen LogP contribution in [0.1, 0.15) is 28.4 Å². The van der Waals surface area contributed by atoms with Gasteiger partial charge >= 0.3 is 0 Å². The summed E-state index contributed by atoms with van der Waals surface area (Å²) in [5, 5.41) is 3.62. The summed E-state index contributed by atoms with van der Waals surface area (Å²) in [6.07, 6.45) is 8.18. The average molecular weight is 585 g/mol. The average Bonchev–Trinajstić information content (AvgIpc) is 3.79. The van der Waals surface area contributed by atoms with Crippen LogP contribution in [0.5, 0.6) is 0 Å². The van der Waals surface area contributed by atoms with Gasteiger partial charge in [-0.15, -0.1) is 0 Å². The molecule has 0 aliphatic rings. The maximum absolute atomic E-state index is 5.78. The first-order chi connectivity index (χ1) is 21.4. The van der Waals surface area contributed by atoms with E-state index in [0.29, 0.717) is 0 Å². The molecule has 0 radical (unpaired) electrons. The minimum Gasteiger partial charge on any atom is -0.470 e. The molecule has 0 atom stereocenters. The predicted octanol–water partition coefficient (Wildman–Crippen LogP) is 9.79. The summed E-state index contributed by atoms with van der Waals surface area (Å²) in [6.45, 7) is 9.83. The van der Waals surface area contributed by atoms with E-state index in [4.69, 9.17) is 13.3 Å². The second-order valence-corrected chi connectivity index (χ2v) is 9.84. The summed E-state index contributed by atoms with van der Waals surface area (Å²) in [4.78, 5) is 15.1. The highest BCUT2D eigenvalue weighted by Gasteiger charge is 2.06. The zero-order valence-corrected chi connectivity index (χ0v) is 25.6. The second kappa shape index (κ2) is 16.2. The lowest BCUT2D eigenvalue weighted by molar-refractivity contribution is 0.534. The smallest absolute Gasteiger partial charge is 0.138 e. The molecule has 5 aromatic heterocycles. The van der Waals surface area contributed by atoms with Crippen LogP contribution in [0.3, 0.4) is 0 Å². The minimum absolute atomic E-state index is 0.759. The first-order valence-corrected chi connectivity index (χ1v) is 14.2. The number of aromatic nitrogens is 4. The first-order valence-electron chi connectivity index (χ1n) is 14.2. The number of para-hydroxylation sites is 3. The molecule has 0 aliphatic heterocycles. The minimum atomic E-state index is 0.759. The van der Waals surface area contributed by atoms with Gasteiger partial charge in [-0.3, -0.25) is 4.98 Å². The molecule has 44 heavy (non-hydrogen) atoms. The van der Waals surface area contributed by atoms with Crippen LogP contribution in [-0.2, 0) is 0 Å². The molecule has 8 rings (SSSR count). The van der Waals surface area contributed by atoms with E-state index >= 15 is 0 Å². The van der Waals surface area contributed by atoms with Gasteiger partial charge in [0.15, 0.2) is 0 Å². The van der Waals surface area contributed by atoms with E-state index in [9.17, 15) is 0 Å². The van der Waals surface area contributed by atoms with E-state index in [0.717, 1.165) is 34.0 Å². The first kappa shape index (κ1) is 31.4. The summed E-state index contributed by atoms with van der Waals surface area (Å²) in [5.74, 6) is 1.73. The fourth-order valence-corrected chi connectivity index (χ4v) is 4.10. The van der Waals surface area contributed by atoms with Crippen molar-refractivity contribution in [1.82, 2.24) is 19.9 Å². The van der Waals surface area contributed by atoms with Gasteiger partial charge in [-0.2, -0.15) is 0 Å². The van der Waals surface area contributed by atoms with Crippen LogP contribution in [0.15, 0.2) is 142 Å². The quantitative estimate of drug-likeness (QED) is 0.175. The standard InChI is InChI=1S/C13H10O.C9H8O.C6H7N.C5H6O.C4H5N3/c1-9-5-4-7-11-10-6-2-3-8-12(10)14-13(9)11;1-7-6-10-9-5-3-2-4-8(7)9;1-6-4-2-3-5-7-6;1-5-3-2-4-6-5;1-4-6-2-5-3-7-4/h2-8H,1H3;2-6H,1H3;2-5H,1H3;2-4H,1H3;2-3H,1H3. The molecule has 0 saturated heterocycles. The highest BCUT2D eigenvalue weighted by Crippen LogP contribution is 2.30. The van der Waals surface area contributed by atoms with E-state index < -0.39 is 0 Å². The molecule has 3 aromatic carbocycles.